The summed E-state index contributed by atoms with van der Waals surface area (Å²) in [7, 11) is 0. The predicted molar refractivity (Wildman–Crippen MR) is 98.4 cm³/mol. The molecule has 0 saturated carbocycles. The Balaban J connectivity index is 1.88. The lowest BCUT2D eigenvalue weighted by molar-refractivity contribution is 0.0506. The largest absolute Gasteiger partial charge is 0.462 e. The van der Waals surface area contributed by atoms with Crippen molar-refractivity contribution in [3.63, 3.8) is 0 Å². The van der Waals surface area contributed by atoms with Crippen molar-refractivity contribution in [1.29, 1.82) is 0 Å². The Hall–Kier alpha value is -3.27. The third kappa shape index (κ3) is 6.51. The number of aromatic nitrogens is 2. The SMILES string of the molecule is CC(CCOC(=O)c1cnc(NCC#Cc2ccccc2)nc1C)=C(F)F. The molecule has 2 rings (SSSR count). The lowest BCUT2D eigenvalue weighted by Gasteiger charge is -2.08. The normalized spacial score (nSPS) is 9.78. The molecule has 0 saturated heterocycles. The molecular weight excluding hydrogens is 352 g/mol. The van der Waals surface area contributed by atoms with Crippen molar-refractivity contribution in [1.82, 2.24) is 9.97 Å². The topological polar surface area (TPSA) is 64.1 Å². The van der Waals surface area contributed by atoms with Crippen LogP contribution in [0.1, 0.15) is 35.0 Å². The lowest BCUT2D eigenvalue weighted by atomic mass is 10.2. The number of aryl methyl sites for hydroxylation is 1. The highest BCUT2D eigenvalue weighted by Crippen LogP contribution is 2.12. The third-order valence-electron chi connectivity index (χ3n) is 3.57. The Kier molecular flexibility index (Phi) is 7.44. The Bertz CT molecular complexity index is 883. The molecule has 1 heterocycles. The summed E-state index contributed by atoms with van der Waals surface area (Å²) in [6.45, 7) is 3.15. The summed E-state index contributed by atoms with van der Waals surface area (Å²) in [6, 6.07) is 9.56. The number of anilines is 1. The Morgan fingerprint density at radius 1 is 1.26 bits per heavy atom. The van der Waals surface area contributed by atoms with E-state index < -0.39 is 12.0 Å². The second-order valence-electron chi connectivity index (χ2n) is 5.64. The minimum atomic E-state index is -1.75. The van der Waals surface area contributed by atoms with Crippen LogP contribution in [0.4, 0.5) is 14.7 Å². The Morgan fingerprint density at radius 2 is 2.00 bits per heavy atom. The van der Waals surface area contributed by atoms with Crippen molar-refractivity contribution >= 4 is 11.9 Å². The Labute approximate surface area is 156 Å². The maximum atomic E-state index is 12.3. The molecule has 0 atom stereocenters. The molecule has 27 heavy (non-hydrogen) atoms. The van der Waals surface area contributed by atoms with Crippen LogP contribution < -0.4 is 5.32 Å². The molecule has 0 unspecified atom stereocenters. The van der Waals surface area contributed by atoms with E-state index in [4.69, 9.17) is 4.74 Å². The van der Waals surface area contributed by atoms with Crippen molar-refractivity contribution in [2.75, 3.05) is 18.5 Å². The summed E-state index contributed by atoms with van der Waals surface area (Å²) in [5.74, 6) is 5.65. The van der Waals surface area contributed by atoms with Crippen molar-refractivity contribution in [3.05, 3.63) is 65.0 Å². The van der Waals surface area contributed by atoms with Crippen LogP contribution in [-0.2, 0) is 4.74 Å². The van der Waals surface area contributed by atoms with Gasteiger partial charge in [0.15, 0.2) is 0 Å². The monoisotopic (exact) mass is 371 g/mol. The molecule has 0 bridgehead atoms. The zero-order valence-corrected chi connectivity index (χ0v) is 15.1. The Morgan fingerprint density at radius 3 is 2.67 bits per heavy atom. The first kappa shape index (κ1) is 20.0. The van der Waals surface area contributed by atoms with E-state index in [0.717, 1.165) is 5.56 Å². The predicted octanol–water partition coefficient (Wildman–Crippen LogP) is 3.97. The quantitative estimate of drug-likeness (QED) is 0.615. The zero-order valence-electron chi connectivity index (χ0n) is 15.1. The number of hydrogen-bond acceptors (Lipinski definition) is 5. The highest BCUT2D eigenvalue weighted by Gasteiger charge is 2.13. The number of ether oxygens (including phenoxy) is 1. The summed E-state index contributed by atoms with van der Waals surface area (Å²) in [4.78, 5) is 20.2. The number of halogens is 2. The van der Waals surface area contributed by atoms with Gasteiger partial charge in [0.25, 0.3) is 6.08 Å². The summed E-state index contributed by atoms with van der Waals surface area (Å²) < 4.78 is 29.6. The van der Waals surface area contributed by atoms with Gasteiger partial charge in [-0.2, -0.15) is 8.78 Å². The molecule has 0 aliphatic rings. The van der Waals surface area contributed by atoms with Gasteiger partial charge in [0.1, 0.15) is 0 Å². The first-order valence-electron chi connectivity index (χ1n) is 8.26. The van der Waals surface area contributed by atoms with Gasteiger partial charge in [-0.1, -0.05) is 30.0 Å². The second-order valence-corrected chi connectivity index (χ2v) is 5.64. The van der Waals surface area contributed by atoms with Crippen molar-refractivity contribution in [2.24, 2.45) is 0 Å². The van der Waals surface area contributed by atoms with Crippen molar-refractivity contribution < 1.29 is 18.3 Å². The molecule has 1 N–H and O–H groups in total. The van der Waals surface area contributed by atoms with E-state index in [1.807, 2.05) is 30.3 Å². The third-order valence-corrected chi connectivity index (χ3v) is 3.57. The van der Waals surface area contributed by atoms with E-state index in [2.05, 4.69) is 27.1 Å². The van der Waals surface area contributed by atoms with E-state index in [0.29, 0.717) is 18.2 Å². The number of esters is 1. The summed E-state index contributed by atoms with van der Waals surface area (Å²) in [5, 5.41) is 2.96. The molecule has 1 aromatic heterocycles. The van der Waals surface area contributed by atoms with Gasteiger partial charge in [-0.15, -0.1) is 0 Å². The van der Waals surface area contributed by atoms with Crippen LogP contribution in [0.25, 0.3) is 0 Å². The average molecular weight is 371 g/mol. The van der Waals surface area contributed by atoms with Crippen LogP contribution in [0.5, 0.6) is 0 Å². The zero-order chi connectivity index (χ0) is 19.6. The summed E-state index contributed by atoms with van der Waals surface area (Å²) >= 11 is 0. The standard InChI is InChI=1S/C20H19F2N3O2/c1-14(18(21)22)10-12-27-19(26)17-13-24-20(25-15(17)2)23-11-6-9-16-7-4-3-5-8-16/h3-5,7-8,13H,10-12H2,1-2H3,(H,23,24,25). The van der Waals surface area contributed by atoms with Gasteiger partial charge in [0, 0.05) is 18.2 Å². The molecule has 5 nitrogen and oxygen atoms in total. The van der Waals surface area contributed by atoms with Gasteiger partial charge in [-0.3, -0.25) is 0 Å². The maximum absolute atomic E-state index is 12.3. The van der Waals surface area contributed by atoms with E-state index in [9.17, 15) is 13.6 Å². The average Bonchev–Trinajstić information content (AvgIpc) is 2.66. The van der Waals surface area contributed by atoms with Crippen molar-refractivity contribution in [2.45, 2.75) is 20.3 Å². The fraction of sp³-hybridized carbons (Fsp3) is 0.250. The number of carbonyl (C=O) groups excluding carboxylic acids is 1. The van der Waals surface area contributed by atoms with Crippen LogP contribution in [0.2, 0.25) is 0 Å². The molecule has 1 aromatic carbocycles. The minimum Gasteiger partial charge on any atom is -0.462 e. The van der Waals surface area contributed by atoms with Gasteiger partial charge in [-0.05, 0) is 31.6 Å². The van der Waals surface area contributed by atoms with Crippen LogP contribution in [0.15, 0.2) is 48.2 Å². The molecule has 140 valence electrons. The minimum absolute atomic E-state index is 0.0201. The molecule has 0 fully saturated rings. The van der Waals surface area contributed by atoms with Crippen LogP contribution in [-0.4, -0.2) is 29.1 Å². The number of nitrogens with one attached hydrogen (secondary N) is 1. The molecule has 0 spiro atoms. The fourth-order valence-corrected chi connectivity index (χ4v) is 2.01. The fourth-order valence-electron chi connectivity index (χ4n) is 2.01. The van der Waals surface area contributed by atoms with E-state index in [-0.39, 0.29) is 24.2 Å². The van der Waals surface area contributed by atoms with Gasteiger partial charge in [0.05, 0.1) is 24.4 Å². The highest BCUT2D eigenvalue weighted by molar-refractivity contribution is 5.90. The molecular formula is C20H19F2N3O2. The molecule has 0 amide bonds. The van der Waals surface area contributed by atoms with Crippen LogP contribution in [0.3, 0.4) is 0 Å². The summed E-state index contributed by atoms with van der Waals surface area (Å²) in [6.07, 6.45) is -0.430. The summed E-state index contributed by atoms with van der Waals surface area (Å²) in [5.41, 5.74) is 1.43. The van der Waals surface area contributed by atoms with Crippen LogP contribution >= 0.6 is 0 Å². The first-order chi connectivity index (χ1) is 13.0. The smallest absolute Gasteiger partial charge is 0.341 e. The number of nitrogens with zero attached hydrogens (tertiary/aromatic N) is 2. The molecule has 0 aliphatic carbocycles. The number of benzene rings is 1. The second kappa shape index (κ2) is 10.0. The molecule has 2 aromatic rings. The van der Waals surface area contributed by atoms with E-state index >= 15 is 0 Å². The maximum Gasteiger partial charge on any atom is 0.341 e. The highest BCUT2D eigenvalue weighted by atomic mass is 19.3. The van der Waals surface area contributed by atoms with Crippen LogP contribution in [0, 0.1) is 18.8 Å². The van der Waals surface area contributed by atoms with Gasteiger partial charge >= 0.3 is 5.97 Å². The number of carbonyl (C=O) groups is 1. The molecule has 0 aliphatic heterocycles. The molecule has 0 radical (unpaired) electrons. The van der Waals surface area contributed by atoms with Gasteiger partial charge in [-0.25, -0.2) is 14.8 Å². The van der Waals surface area contributed by atoms with E-state index in [1.165, 1.54) is 13.1 Å². The van der Waals surface area contributed by atoms with Gasteiger partial charge in [0.2, 0.25) is 5.95 Å². The number of rotatable bonds is 6. The molecule has 7 heteroatoms. The van der Waals surface area contributed by atoms with Gasteiger partial charge < -0.3 is 10.1 Å². The lowest BCUT2D eigenvalue weighted by Crippen LogP contribution is -2.12. The number of hydrogen-bond donors (Lipinski definition) is 1. The first-order valence-corrected chi connectivity index (χ1v) is 8.26. The van der Waals surface area contributed by atoms with E-state index in [1.54, 1.807) is 6.92 Å². The van der Waals surface area contributed by atoms with Crippen molar-refractivity contribution in [3.8, 4) is 11.8 Å².